The Morgan fingerprint density at radius 1 is 0.892 bits per heavy atom. The summed E-state index contributed by atoms with van der Waals surface area (Å²) < 4.78 is 15.7. The van der Waals surface area contributed by atoms with E-state index < -0.39 is 41.8 Å². The van der Waals surface area contributed by atoms with Gasteiger partial charge in [-0.05, 0) is 138 Å². The smallest absolute Gasteiger partial charge is 0.191 e. The lowest BCUT2D eigenvalue weighted by molar-refractivity contribution is -0.122. The SMILES string of the molecule is NC1NCC2c3c1ccc1c3C(c3c[nH]c4cn(cc34)C3Oc4cc(CCC(=O)CC(O)C5C=C6C=CC7CCCCC7C6CC5O)c(O)cc4OC#CC4(CCCC4)C3C#CC1O)C1(CCCC1)C21CCCC1. The molecule has 4 saturated carbocycles. The van der Waals surface area contributed by atoms with E-state index >= 15 is 0 Å². The van der Waals surface area contributed by atoms with Crippen molar-refractivity contribution < 1.29 is 34.7 Å². The average molecular weight is 997 g/mol. The van der Waals surface area contributed by atoms with Crippen molar-refractivity contribution in [3.8, 4) is 41.1 Å². The number of aromatic amines is 1. The third-order valence-electron chi connectivity index (χ3n) is 21.4. The van der Waals surface area contributed by atoms with Crippen LogP contribution in [0.25, 0.3) is 10.9 Å². The first-order chi connectivity index (χ1) is 36.0. The standard InChI is InChI=1S/C63H72N4O7/c64-59-42-16-15-41-50(69)18-17-47-60(67-34-46-45(32-65-49(46)35-67)58-57(41)56(42)48(33-66-59)62(21-5-6-22-62)63(58)23-7-8-24-63)74-55-28-38(51(70)31-54(55)73-26-25-61(47)19-3-4-20-61)13-14-39(68)29-52(71)44-27-37-12-11-36-9-1-2-10-40(36)43(37)30-53(44)72/h11-12,15-16,27-28,31-32,34-36,40,43-44,47-48,50,52-53,58-60,65-66,69-72H,1-10,13-14,19-24,29-30,33,64H2. The number of benzene rings is 2. The topological polar surface area (TPSA) is 175 Å². The number of carbonyl (C=O) groups excluding carboxylic acids is 1. The number of ketones is 1. The van der Waals surface area contributed by atoms with Crippen molar-refractivity contribution in [1.82, 2.24) is 14.9 Å². The molecule has 12 unspecified atom stereocenters. The lowest BCUT2D eigenvalue weighted by atomic mass is 9.43. The van der Waals surface area contributed by atoms with Gasteiger partial charge < -0.3 is 45.2 Å². The van der Waals surface area contributed by atoms with Crippen molar-refractivity contribution in [2.24, 2.45) is 51.6 Å². The summed E-state index contributed by atoms with van der Waals surface area (Å²) in [7, 11) is 0. The summed E-state index contributed by atoms with van der Waals surface area (Å²) in [5.74, 6) is 11.9. The predicted molar refractivity (Wildman–Crippen MR) is 282 cm³/mol. The number of Topliss-reactive ketones (excluding diaryl/α,β-unsaturated/α-hetero) is 1. The molecule has 4 aromatic rings. The highest BCUT2D eigenvalue weighted by atomic mass is 16.5. The summed E-state index contributed by atoms with van der Waals surface area (Å²) in [6.07, 6.45) is 31.2. The van der Waals surface area contributed by atoms with Crippen LogP contribution in [-0.4, -0.2) is 54.5 Å². The van der Waals surface area contributed by atoms with Crippen molar-refractivity contribution >= 4 is 16.7 Å². The van der Waals surface area contributed by atoms with E-state index in [4.69, 9.17) is 15.2 Å². The molecule has 0 amide bonds. The molecule has 2 aromatic carbocycles. The van der Waals surface area contributed by atoms with E-state index in [1.807, 2.05) is 6.08 Å². The van der Waals surface area contributed by atoms with Gasteiger partial charge in [0, 0.05) is 67.2 Å². The number of phenols is 1. The fraction of sp³-hybridized carbons (Fsp3) is 0.571. The number of nitrogens with one attached hydrogen (secondary N) is 2. The van der Waals surface area contributed by atoms with Crippen molar-refractivity contribution in [2.45, 2.75) is 171 Å². The number of hydrogen-bond donors (Lipinski definition) is 7. The molecule has 2 aromatic heterocycles. The van der Waals surface area contributed by atoms with Crippen LogP contribution in [0.2, 0.25) is 0 Å². The number of fused-ring (bicyclic) bond motifs is 12. The second-order valence-electron chi connectivity index (χ2n) is 24.7. The number of nitrogens with zero attached hydrogens (tertiary/aromatic N) is 1. The fourth-order valence-electron chi connectivity index (χ4n) is 18.0. The van der Waals surface area contributed by atoms with Gasteiger partial charge in [0.2, 0.25) is 0 Å². The molecule has 2 bridgehead atoms. The van der Waals surface area contributed by atoms with Crippen LogP contribution in [0.3, 0.4) is 0 Å². The number of aryl methyl sites for hydroxylation is 1. The number of aliphatic hydroxyl groups is 3. The Labute approximate surface area is 434 Å². The summed E-state index contributed by atoms with van der Waals surface area (Å²) in [6.45, 7) is 0.841. The van der Waals surface area contributed by atoms with Crippen LogP contribution in [0.15, 0.2) is 66.7 Å². The minimum absolute atomic E-state index is 0.00930. The normalized spacial score (nSPS) is 33.6. The van der Waals surface area contributed by atoms with Crippen LogP contribution in [0, 0.1) is 69.7 Å². The van der Waals surface area contributed by atoms with Gasteiger partial charge in [0.25, 0.3) is 0 Å². The first-order valence-corrected chi connectivity index (χ1v) is 28.6. The molecule has 10 aliphatic rings. The molecular formula is C63H72N4O7. The van der Waals surface area contributed by atoms with Crippen LogP contribution in [0.4, 0.5) is 0 Å². The fourth-order valence-corrected chi connectivity index (χ4v) is 18.0. The van der Waals surface area contributed by atoms with E-state index in [-0.39, 0.29) is 59.5 Å². The third kappa shape index (κ3) is 7.16. The maximum Gasteiger partial charge on any atom is 0.191 e. The lowest BCUT2D eigenvalue weighted by Crippen LogP contribution is -2.56. The summed E-state index contributed by atoms with van der Waals surface area (Å²) in [6, 6.07) is 7.60. The predicted octanol–water partition coefficient (Wildman–Crippen LogP) is 10.3. The Morgan fingerprint density at radius 2 is 1.66 bits per heavy atom. The second-order valence-corrected chi connectivity index (χ2v) is 24.7. The van der Waals surface area contributed by atoms with E-state index in [2.05, 4.69) is 81.6 Å². The number of aromatic nitrogens is 2. The summed E-state index contributed by atoms with van der Waals surface area (Å²) in [5.41, 5.74) is 15.1. The van der Waals surface area contributed by atoms with E-state index in [1.165, 1.54) is 92.5 Å². The molecule has 3 spiro atoms. The van der Waals surface area contributed by atoms with Gasteiger partial charge in [-0.25, -0.2) is 0 Å². The quantitative estimate of drug-likeness (QED) is 0.0928. The molecule has 0 saturated heterocycles. The number of aliphatic hydroxyl groups excluding tert-OH is 3. The van der Waals surface area contributed by atoms with E-state index in [0.29, 0.717) is 41.4 Å². The van der Waals surface area contributed by atoms with Gasteiger partial charge in [-0.15, -0.1) is 0 Å². The number of carbonyl (C=O) groups is 1. The number of H-pyrrole nitrogens is 1. The van der Waals surface area contributed by atoms with Crippen LogP contribution in [0.1, 0.15) is 186 Å². The van der Waals surface area contributed by atoms with Gasteiger partial charge in [0.05, 0.1) is 35.2 Å². The molecule has 4 fully saturated rings. The number of allylic oxidation sites excluding steroid dienone is 3. The lowest BCUT2D eigenvalue weighted by Gasteiger charge is -2.62. The average Bonchev–Trinajstić information content (AvgIpc) is 4.32. The molecule has 12 atom stereocenters. The first-order valence-electron chi connectivity index (χ1n) is 28.6. The van der Waals surface area contributed by atoms with Crippen LogP contribution in [-0.2, 0) is 11.2 Å². The van der Waals surface area contributed by atoms with Gasteiger partial charge in [0.15, 0.2) is 17.7 Å². The summed E-state index contributed by atoms with van der Waals surface area (Å²) in [4.78, 5) is 17.5. The van der Waals surface area contributed by atoms with Crippen LogP contribution in [0.5, 0.6) is 17.2 Å². The number of rotatable bonds is 6. The number of aromatic hydroxyl groups is 1. The highest BCUT2D eigenvalue weighted by Crippen LogP contribution is 2.75. The monoisotopic (exact) mass is 997 g/mol. The zero-order valence-corrected chi connectivity index (χ0v) is 42.6. The molecule has 3 aliphatic heterocycles. The molecule has 8 N–H and O–H groups in total. The maximum absolute atomic E-state index is 13.7. The Bertz CT molecular complexity index is 3100. The minimum atomic E-state index is -1.07. The number of hydrogen-bond acceptors (Lipinski definition) is 9. The van der Waals surface area contributed by atoms with Crippen molar-refractivity contribution in [3.63, 3.8) is 0 Å². The van der Waals surface area contributed by atoms with Gasteiger partial charge in [-0.3, -0.25) is 10.1 Å². The highest BCUT2D eigenvalue weighted by molar-refractivity contribution is 5.85. The molecule has 11 nitrogen and oxygen atoms in total. The van der Waals surface area contributed by atoms with Crippen LogP contribution < -0.4 is 20.5 Å². The number of phenolic OH excluding ortho intramolecular Hbond substituents is 1. The molecule has 5 heterocycles. The van der Waals surface area contributed by atoms with Gasteiger partial charge >= 0.3 is 0 Å². The molecule has 14 rings (SSSR count). The Morgan fingerprint density at radius 3 is 2.49 bits per heavy atom. The van der Waals surface area contributed by atoms with E-state index in [9.17, 15) is 25.2 Å². The van der Waals surface area contributed by atoms with Crippen molar-refractivity contribution in [2.75, 3.05) is 6.54 Å². The maximum atomic E-state index is 13.7. The zero-order valence-electron chi connectivity index (χ0n) is 42.6. The second kappa shape index (κ2) is 17.9. The molecule has 7 aliphatic carbocycles. The summed E-state index contributed by atoms with van der Waals surface area (Å²) >= 11 is 0. The van der Waals surface area contributed by atoms with Crippen molar-refractivity contribution in [3.05, 3.63) is 100 Å². The van der Waals surface area contributed by atoms with E-state index in [1.54, 1.807) is 6.07 Å². The highest BCUT2D eigenvalue weighted by Gasteiger charge is 2.66. The molecular weight excluding hydrogens is 925 g/mol. The van der Waals surface area contributed by atoms with Crippen LogP contribution >= 0.6 is 0 Å². The number of nitrogens with two attached hydrogens (primary N) is 1. The molecule has 11 heteroatoms. The van der Waals surface area contributed by atoms with E-state index in [0.717, 1.165) is 67.1 Å². The minimum Gasteiger partial charge on any atom is -0.508 e. The summed E-state index contributed by atoms with van der Waals surface area (Å²) in [5, 5.41) is 52.1. The molecule has 386 valence electrons. The molecule has 0 radical (unpaired) electrons. The van der Waals surface area contributed by atoms with Gasteiger partial charge in [0.1, 0.15) is 23.7 Å². The van der Waals surface area contributed by atoms with Gasteiger partial charge in [-0.2, -0.15) is 0 Å². The third-order valence-corrected chi connectivity index (χ3v) is 21.4. The Balaban J connectivity index is 0.823. The Kier molecular flexibility index (Phi) is 11.4. The van der Waals surface area contributed by atoms with Crippen molar-refractivity contribution in [1.29, 1.82) is 0 Å². The zero-order chi connectivity index (χ0) is 50.1. The molecule has 74 heavy (non-hydrogen) atoms. The Hall–Kier alpha value is -5.27. The number of ether oxygens (including phenoxy) is 2. The largest absolute Gasteiger partial charge is 0.508 e. The van der Waals surface area contributed by atoms with Gasteiger partial charge in [-0.1, -0.05) is 99.5 Å². The first kappa shape index (κ1) is 47.2.